The van der Waals surface area contributed by atoms with Crippen LogP contribution in [0.4, 0.5) is 5.69 Å². The van der Waals surface area contributed by atoms with Crippen molar-refractivity contribution >= 4 is 46.2 Å². The normalized spacial score (nSPS) is 10.8. The Balaban J connectivity index is 1.87. The van der Waals surface area contributed by atoms with Gasteiger partial charge in [0.15, 0.2) is 5.16 Å². The second-order valence-electron chi connectivity index (χ2n) is 5.17. The van der Waals surface area contributed by atoms with Crippen molar-refractivity contribution in [1.82, 2.24) is 14.5 Å². The number of rotatable bonds is 5. The lowest BCUT2D eigenvalue weighted by atomic mass is 10.3. The van der Waals surface area contributed by atoms with Gasteiger partial charge in [-0.3, -0.25) is 14.2 Å². The van der Waals surface area contributed by atoms with Gasteiger partial charge in [-0.1, -0.05) is 11.8 Å². The van der Waals surface area contributed by atoms with E-state index in [2.05, 4.69) is 15.3 Å². The number of hydrogen-bond acceptors (Lipinski definition) is 6. The quantitative estimate of drug-likeness (QED) is 0.548. The van der Waals surface area contributed by atoms with Crippen LogP contribution in [0.2, 0.25) is 0 Å². The van der Waals surface area contributed by atoms with Crippen LogP contribution in [0, 0.1) is 0 Å². The second kappa shape index (κ2) is 7.71. The summed E-state index contributed by atoms with van der Waals surface area (Å²) in [6.45, 7) is -0.106. The molecule has 128 valence electrons. The molecule has 0 fully saturated rings. The zero-order chi connectivity index (χ0) is 17.8. The summed E-state index contributed by atoms with van der Waals surface area (Å²) in [6, 6.07) is 10.6. The van der Waals surface area contributed by atoms with Crippen molar-refractivity contribution in [3.05, 3.63) is 52.9 Å². The van der Waals surface area contributed by atoms with Crippen LogP contribution in [0.5, 0.6) is 0 Å². The molecule has 0 bridgehead atoms. The molecule has 0 saturated carbocycles. The highest BCUT2D eigenvalue weighted by molar-refractivity contribution is 7.98. The molecule has 0 aliphatic rings. The summed E-state index contributed by atoms with van der Waals surface area (Å²) in [5.74, 6) is -0.282. The zero-order valence-corrected chi connectivity index (χ0v) is 15.4. The van der Waals surface area contributed by atoms with E-state index in [0.29, 0.717) is 16.5 Å². The average molecular weight is 372 g/mol. The van der Waals surface area contributed by atoms with Crippen LogP contribution in [0.25, 0.3) is 11.0 Å². The third kappa shape index (κ3) is 4.02. The molecule has 3 aromatic rings. The summed E-state index contributed by atoms with van der Waals surface area (Å²) < 4.78 is 1.36. The van der Waals surface area contributed by atoms with Crippen LogP contribution in [-0.2, 0) is 11.3 Å². The molecule has 0 saturated heterocycles. The largest absolute Gasteiger partial charge is 0.325 e. The van der Waals surface area contributed by atoms with Gasteiger partial charge in [-0.05, 0) is 42.8 Å². The van der Waals surface area contributed by atoms with Gasteiger partial charge < -0.3 is 5.32 Å². The first kappa shape index (κ1) is 17.5. The Morgan fingerprint density at radius 3 is 2.56 bits per heavy atom. The van der Waals surface area contributed by atoms with E-state index in [9.17, 15) is 9.59 Å². The number of carbonyl (C=O) groups is 1. The number of aromatic nitrogens is 3. The molecule has 2 aromatic heterocycles. The van der Waals surface area contributed by atoms with Gasteiger partial charge in [0, 0.05) is 28.2 Å². The molecule has 0 radical (unpaired) electrons. The Labute approximate surface area is 153 Å². The molecule has 0 atom stereocenters. The molecule has 2 heterocycles. The van der Waals surface area contributed by atoms with Crippen LogP contribution >= 0.6 is 23.5 Å². The number of hydrogen-bond donors (Lipinski definition) is 1. The molecule has 0 spiro atoms. The number of pyridine rings is 1. The minimum atomic E-state index is -0.282. The average Bonchev–Trinajstić information content (AvgIpc) is 2.64. The van der Waals surface area contributed by atoms with E-state index in [4.69, 9.17) is 0 Å². The molecule has 25 heavy (non-hydrogen) atoms. The highest BCUT2D eigenvalue weighted by atomic mass is 32.2. The van der Waals surface area contributed by atoms with Crippen molar-refractivity contribution < 1.29 is 4.79 Å². The number of fused-ring (bicyclic) bond motifs is 1. The third-order valence-corrected chi connectivity index (χ3v) is 4.86. The number of nitrogens with one attached hydrogen (secondary N) is 1. The maximum atomic E-state index is 12.4. The van der Waals surface area contributed by atoms with Crippen LogP contribution < -0.4 is 10.9 Å². The third-order valence-electron chi connectivity index (χ3n) is 3.56. The van der Waals surface area contributed by atoms with Gasteiger partial charge in [-0.25, -0.2) is 9.97 Å². The number of thioether (sulfide) groups is 2. The summed E-state index contributed by atoms with van der Waals surface area (Å²) in [7, 11) is 0. The molecule has 6 nitrogen and oxygen atoms in total. The van der Waals surface area contributed by atoms with Gasteiger partial charge in [0.2, 0.25) is 5.91 Å². The molecule has 0 unspecified atom stereocenters. The van der Waals surface area contributed by atoms with Crippen molar-refractivity contribution in [2.45, 2.75) is 16.6 Å². The summed E-state index contributed by atoms with van der Waals surface area (Å²) in [5, 5.41) is 4.08. The Hall–Kier alpha value is -2.32. The van der Waals surface area contributed by atoms with Crippen LogP contribution in [0.3, 0.4) is 0 Å². The topological polar surface area (TPSA) is 76.9 Å². The Morgan fingerprint density at radius 1 is 1.12 bits per heavy atom. The first-order chi connectivity index (χ1) is 12.1. The van der Waals surface area contributed by atoms with Gasteiger partial charge in [0.05, 0.1) is 0 Å². The van der Waals surface area contributed by atoms with Gasteiger partial charge in [-0.2, -0.15) is 0 Å². The monoisotopic (exact) mass is 372 g/mol. The van der Waals surface area contributed by atoms with Crippen molar-refractivity contribution in [1.29, 1.82) is 0 Å². The molecule has 8 heteroatoms. The maximum Gasteiger partial charge on any atom is 0.252 e. The highest BCUT2D eigenvalue weighted by Crippen LogP contribution is 2.18. The molecular weight excluding hydrogens is 356 g/mol. The van der Waals surface area contributed by atoms with Crippen molar-refractivity contribution in [3.63, 3.8) is 0 Å². The van der Waals surface area contributed by atoms with Crippen LogP contribution in [0.15, 0.2) is 57.4 Å². The Bertz CT molecular complexity index is 971. The lowest BCUT2D eigenvalue weighted by molar-refractivity contribution is -0.116. The van der Waals surface area contributed by atoms with Crippen LogP contribution in [0.1, 0.15) is 0 Å². The molecule has 1 amide bonds. The molecule has 0 aliphatic heterocycles. The molecule has 3 rings (SSSR count). The van der Waals surface area contributed by atoms with E-state index in [-0.39, 0.29) is 18.0 Å². The van der Waals surface area contributed by atoms with E-state index in [1.54, 1.807) is 24.0 Å². The lowest BCUT2D eigenvalue weighted by Crippen LogP contribution is -2.28. The number of amides is 1. The number of anilines is 1. The number of carbonyl (C=O) groups excluding carboxylic acids is 1. The first-order valence-electron chi connectivity index (χ1n) is 7.45. The van der Waals surface area contributed by atoms with E-state index in [1.807, 2.05) is 36.8 Å². The summed E-state index contributed by atoms with van der Waals surface area (Å²) in [4.78, 5) is 34.3. The molecular formula is C17H16N4O2S2. The van der Waals surface area contributed by atoms with Crippen LogP contribution in [-0.4, -0.2) is 33.0 Å². The summed E-state index contributed by atoms with van der Waals surface area (Å²) >= 11 is 3.01. The predicted octanol–water partition coefficient (Wildman–Crippen LogP) is 2.87. The van der Waals surface area contributed by atoms with Gasteiger partial charge in [0.1, 0.15) is 12.2 Å². The molecule has 1 N–H and O–H groups in total. The lowest BCUT2D eigenvalue weighted by Gasteiger charge is -2.10. The van der Waals surface area contributed by atoms with E-state index in [0.717, 1.165) is 10.3 Å². The van der Waals surface area contributed by atoms with Gasteiger partial charge in [0.25, 0.3) is 5.56 Å². The highest BCUT2D eigenvalue weighted by Gasteiger charge is 2.11. The summed E-state index contributed by atoms with van der Waals surface area (Å²) in [6.07, 6.45) is 5.51. The Morgan fingerprint density at radius 2 is 1.88 bits per heavy atom. The van der Waals surface area contributed by atoms with E-state index >= 15 is 0 Å². The van der Waals surface area contributed by atoms with Crippen molar-refractivity contribution in [2.75, 3.05) is 17.8 Å². The fourth-order valence-electron chi connectivity index (χ4n) is 2.33. The zero-order valence-electron chi connectivity index (χ0n) is 13.7. The standard InChI is InChI=1S/C17H16N4O2S2/c1-24-13-6-4-12(5-7-13)19-14(22)10-21-15(23)8-3-11-9-18-17(25-2)20-16(11)21/h3-9H,10H2,1-2H3,(H,19,22). The Kier molecular flexibility index (Phi) is 5.40. The number of nitrogens with zero attached hydrogens (tertiary/aromatic N) is 3. The minimum absolute atomic E-state index is 0.106. The smallest absolute Gasteiger partial charge is 0.252 e. The predicted molar refractivity (Wildman–Crippen MR) is 102 cm³/mol. The van der Waals surface area contributed by atoms with E-state index in [1.165, 1.54) is 22.4 Å². The van der Waals surface area contributed by atoms with Gasteiger partial charge in [-0.15, -0.1) is 11.8 Å². The van der Waals surface area contributed by atoms with E-state index < -0.39 is 0 Å². The fourth-order valence-corrected chi connectivity index (χ4v) is 3.07. The number of benzene rings is 1. The second-order valence-corrected chi connectivity index (χ2v) is 6.82. The maximum absolute atomic E-state index is 12.4. The molecule has 0 aliphatic carbocycles. The fraction of sp³-hybridized carbons (Fsp3) is 0.176. The summed E-state index contributed by atoms with van der Waals surface area (Å²) in [5.41, 5.74) is 0.876. The molecule has 1 aromatic carbocycles. The van der Waals surface area contributed by atoms with Crippen molar-refractivity contribution in [3.8, 4) is 0 Å². The van der Waals surface area contributed by atoms with Gasteiger partial charge >= 0.3 is 0 Å². The minimum Gasteiger partial charge on any atom is -0.325 e. The van der Waals surface area contributed by atoms with Crippen molar-refractivity contribution in [2.24, 2.45) is 0 Å². The SMILES string of the molecule is CSc1ccc(NC(=O)Cn2c(=O)ccc3cnc(SC)nc32)cc1. The first-order valence-corrected chi connectivity index (χ1v) is 9.90.